The lowest BCUT2D eigenvalue weighted by molar-refractivity contribution is -0.140. The van der Waals surface area contributed by atoms with Crippen molar-refractivity contribution in [2.45, 2.75) is 18.9 Å². The van der Waals surface area contributed by atoms with Crippen LogP contribution in [0.15, 0.2) is 22.7 Å². The lowest BCUT2D eigenvalue weighted by Crippen LogP contribution is -2.21. The molecule has 0 bridgehead atoms. The molecule has 2 atom stereocenters. The van der Waals surface area contributed by atoms with Gasteiger partial charge in [-0.3, -0.25) is 4.79 Å². The molecule has 1 aliphatic rings. The van der Waals surface area contributed by atoms with Gasteiger partial charge in [-0.05, 0) is 28.9 Å². The molecule has 0 saturated carbocycles. The van der Waals surface area contributed by atoms with Crippen LogP contribution in [0.3, 0.4) is 0 Å². The van der Waals surface area contributed by atoms with Gasteiger partial charge in [-0.2, -0.15) is 0 Å². The number of para-hydroxylation sites is 1. The van der Waals surface area contributed by atoms with E-state index in [2.05, 4.69) is 15.9 Å². The highest BCUT2D eigenvalue weighted by molar-refractivity contribution is 9.10. The number of halogens is 1. The Balaban J connectivity index is 2.53. The number of ether oxygens (including phenoxy) is 1. The van der Waals surface area contributed by atoms with Crippen molar-refractivity contribution >= 4 is 21.9 Å². The zero-order valence-corrected chi connectivity index (χ0v) is 9.11. The van der Waals surface area contributed by atoms with Crippen molar-refractivity contribution in [3.8, 4) is 5.75 Å². The van der Waals surface area contributed by atoms with Gasteiger partial charge in [0.25, 0.3) is 0 Å². The van der Waals surface area contributed by atoms with Crippen molar-refractivity contribution in [1.82, 2.24) is 0 Å². The summed E-state index contributed by atoms with van der Waals surface area (Å²) in [6.45, 7) is 1.77. The molecule has 3 nitrogen and oxygen atoms in total. The first-order valence-corrected chi connectivity index (χ1v) is 5.08. The Morgan fingerprint density at radius 3 is 2.93 bits per heavy atom. The molecule has 74 valence electrons. The largest absolute Gasteiger partial charge is 0.488 e. The number of carbonyl (C=O) groups is 1. The lowest BCUT2D eigenvalue weighted by Gasteiger charge is -2.08. The summed E-state index contributed by atoms with van der Waals surface area (Å²) in [5.41, 5.74) is 0.749. The minimum Gasteiger partial charge on any atom is -0.488 e. The van der Waals surface area contributed by atoms with E-state index in [4.69, 9.17) is 9.84 Å². The molecular formula is C10H9BrO3. The lowest BCUT2D eigenvalue weighted by atomic mass is 9.97. The van der Waals surface area contributed by atoms with Crippen molar-refractivity contribution in [3.05, 3.63) is 28.2 Å². The fourth-order valence-corrected chi connectivity index (χ4v) is 2.21. The summed E-state index contributed by atoms with van der Waals surface area (Å²) in [7, 11) is 0. The summed E-state index contributed by atoms with van der Waals surface area (Å²) in [4.78, 5) is 11.0. The molecule has 1 N–H and O–H groups in total. The highest BCUT2D eigenvalue weighted by atomic mass is 79.9. The minimum atomic E-state index is -0.839. The Morgan fingerprint density at radius 1 is 1.57 bits per heavy atom. The van der Waals surface area contributed by atoms with Gasteiger partial charge in [-0.1, -0.05) is 12.1 Å². The monoisotopic (exact) mass is 256 g/mol. The highest BCUT2D eigenvalue weighted by Crippen LogP contribution is 2.42. The van der Waals surface area contributed by atoms with Crippen LogP contribution in [0.5, 0.6) is 5.75 Å². The average Bonchev–Trinajstić information content (AvgIpc) is 2.42. The molecule has 0 aliphatic carbocycles. The third-order valence-electron chi connectivity index (χ3n) is 2.37. The fraction of sp³-hybridized carbons (Fsp3) is 0.300. The van der Waals surface area contributed by atoms with Gasteiger partial charge in [0.05, 0.1) is 4.47 Å². The number of hydrogen-bond acceptors (Lipinski definition) is 2. The zero-order chi connectivity index (χ0) is 10.3. The van der Waals surface area contributed by atoms with Crippen molar-refractivity contribution in [2.24, 2.45) is 0 Å². The Morgan fingerprint density at radius 2 is 2.29 bits per heavy atom. The van der Waals surface area contributed by atoms with Crippen molar-refractivity contribution < 1.29 is 14.6 Å². The third kappa shape index (κ3) is 1.30. The molecule has 0 saturated heterocycles. The summed E-state index contributed by atoms with van der Waals surface area (Å²) < 4.78 is 6.29. The van der Waals surface area contributed by atoms with Crippen molar-refractivity contribution in [1.29, 1.82) is 0 Å². The Kier molecular flexibility index (Phi) is 2.23. The Labute approximate surface area is 89.8 Å². The second kappa shape index (κ2) is 3.28. The molecule has 0 spiro atoms. The van der Waals surface area contributed by atoms with E-state index in [1.165, 1.54) is 0 Å². The van der Waals surface area contributed by atoms with E-state index >= 15 is 0 Å². The first-order valence-electron chi connectivity index (χ1n) is 4.29. The Bertz CT molecular complexity index is 389. The van der Waals surface area contributed by atoms with Crippen LogP contribution in [-0.4, -0.2) is 17.2 Å². The fourth-order valence-electron chi connectivity index (χ4n) is 1.74. The van der Waals surface area contributed by atoms with Gasteiger partial charge in [-0.25, -0.2) is 0 Å². The van der Waals surface area contributed by atoms with E-state index in [-0.39, 0.29) is 6.10 Å². The summed E-state index contributed by atoms with van der Waals surface area (Å²) in [5.74, 6) is -0.732. The van der Waals surface area contributed by atoms with Crippen LogP contribution in [0, 0.1) is 0 Å². The van der Waals surface area contributed by atoms with Gasteiger partial charge in [0, 0.05) is 5.56 Å². The van der Waals surface area contributed by atoms with Gasteiger partial charge in [0.2, 0.25) is 0 Å². The maximum Gasteiger partial charge on any atom is 0.314 e. The number of aliphatic carboxylic acids is 1. The van der Waals surface area contributed by atoms with E-state index in [0.717, 1.165) is 10.0 Å². The SMILES string of the molecule is CC1Oc2c(Br)cccc2C1C(=O)O. The molecular weight excluding hydrogens is 248 g/mol. The number of carboxylic acids is 1. The number of fused-ring (bicyclic) bond motifs is 1. The molecule has 4 heteroatoms. The molecule has 0 fully saturated rings. The topological polar surface area (TPSA) is 46.5 Å². The van der Waals surface area contributed by atoms with Crippen molar-refractivity contribution in [2.75, 3.05) is 0 Å². The number of carboxylic acid groups (broad SMARTS) is 1. The first-order chi connectivity index (χ1) is 6.61. The molecule has 0 amide bonds. The molecule has 0 radical (unpaired) electrons. The summed E-state index contributed by atoms with van der Waals surface area (Å²) in [6, 6.07) is 5.46. The van der Waals surface area contributed by atoms with Gasteiger partial charge < -0.3 is 9.84 Å². The van der Waals surface area contributed by atoms with Crippen LogP contribution in [0.4, 0.5) is 0 Å². The molecule has 2 rings (SSSR count). The normalized spacial score (nSPS) is 24.1. The van der Waals surface area contributed by atoms with Crippen LogP contribution in [0.25, 0.3) is 0 Å². The van der Waals surface area contributed by atoms with E-state index < -0.39 is 11.9 Å². The van der Waals surface area contributed by atoms with E-state index in [1.54, 1.807) is 13.0 Å². The second-order valence-corrected chi connectivity index (χ2v) is 4.15. The smallest absolute Gasteiger partial charge is 0.314 e. The van der Waals surface area contributed by atoms with E-state index in [9.17, 15) is 4.79 Å². The molecule has 14 heavy (non-hydrogen) atoms. The predicted octanol–water partition coefficient (Wildman–Crippen LogP) is 2.40. The van der Waals surface area contributed by atoms with Crippen LogP contribution in [-0.2, 0) is 4.79 Å². The summed E-state index contributed by atoms with van der Waals surface area (Å²) in [6.07, 6.45) is -0.304. The van der Waals surface area contributed by atoms with Gasteiger partial charge in [0.1, 0.15) is 17.8 Å². The maximum atomic E-state index is 11.0. The molecule has 1 heterocycles. The molecule has 1 aromatic rings. The summed E-state index contributed by atoms with van der Waals surface area (Å²) >= 11 is 3.33. The minimum absolute atomic E-state index is 0.304. The number of benzene rings is 1. The first kappa shape index (κ1) is 9.52. The molecule has 0 aromatic heterocycles. The summed E-state index contributed by atoms with van der Waals surface area (Å²) in [5, 5.41) is 9.03. The van der Waals surface area contributed by atoms with Crippen LogP contribution >= 0.6 is 15.9 Å². The standard InChI is InChI=1S/C10H9BrO3/c1-5-8(10(12)13)6-3-2-4-7(11)9(6)14-5/h2-5,8H,1H3,(H,12,13). The number of hydrogen-bond donors (Lipinski definition) is 1. The van der Waals surface area contributed by atoms with Gasteiger partial charge >= 0.3 is 5.97 Å². The second-order valence-electron chi connectivity index (χ2n) is 3.30. The molecule has 1 aliphatic heterocycles. The predicted molar refractivity (Wildman–Crippen MR) is 54.6 cm³/mol. The highest BCUT2D eigenvalue weighted by Gasteiger charge is 2.37. The maximum absolute atomic E-state index is 11.0. The van der Waals surface area contributed by atoms with Gasteiger partial charge in [0.15, 0.2) is 0 Å². The van der Waals surface area contributed by atoms with Crippen molar-refractivity contribution in [3.63, 3.8) is 0 Å². The number of rotatable bonds is 1. The van der Waals surface area contributed by atoms with Crippen LogP contribution < -0.4 is 4.74 Å². The van der Waals surface area contributed by atoms with E-state index in [1.807, 2.05) is 12.1 Å². The zero-order valence-electron chi connectivity index (χ0n) is 7.53. The van der Waals surface area contributed by atoms with E-state index in [0.29, 0.717) is 5.75 Å². The molecule has 1 aromatic carbocycles. The van der Waals surface area contributed by atoms with Crippen LogP contribution in [0.1, 0.15) is 18.4 Å². The van der Waals surface area contributed by atoms with Gasteiger partial charge in [-0.15, -0.1) is 0 Å². The third-order valence-corrected chi connectivity index (χ3v) is 3.00. The Hall–Kier alpha value is -1.03. The average molecular weight is 257 g/mol. The molecule has 2 unspecified atom stereocenters. The quantitative estimate of drug-likeness (QED) is 0.840. The van der Waals surface area contributed by atoms with Crippen LogP contribution in [0.2, 0.25) is 0 Å².